The van der Waals surface area contributed by atoms with Gasteiger partial charge in [0.2, 0.25) is 0 Å². The average molecular weight is 623 g/mol. The highest BCUT2D eigenvalue weighted by molar-refractivity contribution is 7.07. The maximum Gasteiger partial charge on any atom is 0.339 e. The van der Waals surface area contributed by atoms with Gasteiger partial charge in [0, 0.05) is 17.2 Å². The summed E-state index contributed by atoms with van der Waals surface area (Å²) in [5, 5.41) is 0.253. The lowest BCUT2D eigenvalue weighted by molar-refractivity contribution is -0.139. The molecule has 3 heterocycles. The minimum Gasteiger partial charge on any atom is -0.497 e. The summed E-state index contributed by atoms with van der Waals surface area (Å²) < 4.78 is 29.0. The Labute approximate surface area is 255 Å². The Morgan fingerprint density at radius 1 is 1.07 bits per heavy atom. The van der Waals surface area contributed by atoms with Crippen molar-refractivity contribution in [2.24, 2.45) is 4.99 Å². The van der Waals surface area contributed by atoms with E-state index in [4.69, 9.17) is 35.0 Å². The Morgan fingerprint density at radius 3 is 2.56 bits per heavy atom. The molecular weight excluding hydrogens is 596 g/mol. The van der Waals surface area contributed by atoms with Gasteiger partial charge in [-0.2, -0.15) is 0 Å². The number of thiazole rings is 1. The predicted molar refractivity (Wildman–Crippen MR) is 160 cm³/mol. The SMILES string of the molecule is CCOC(=O)C1=C(C)N=c2s/c(=C\c3ccc(-c4ccc(Cl)c(C(=O)OC)c4)o3)c(=O)n2[C@@H]1c1cc(OC)ccc1OC. The van der Waals surface area contributed by atoms with Crippen LogP contribution < -0.4 is 24.4 Å². The van der Waals surface area contributed by atoms with Gasteiger partial charge in [-0.3, -0.25) is 9.36 Å². The van der Waals surface area contributed by atoms with E-state index < -0.39 is 18.0 Å². The highest BCUT2D eigenvalue weighted by atomic mass is 35.5. The molecule has 0 saturated carbocycles. The van der Waals surface area contributed by atoms with Crippen molar-refractivity contribution >= 4 is 41.0 Å². The zero-order valence-electron chi connectivity index (χ0n) is 23.9. The molecule has 1 aliphatic heterocycles. The van der Waals surface area contributed by atoms with Crippen molar-refractivity contribution in [3.05, 3.63) is 101 Å². The smallest absolute Gasteiger partial charge is 0.339 e. The van der Waals surface area contributed by atoms with E-state index in [0.717, 1.165) is 11.3 Å². The minimum absolute atomic E-state index is 0.150. The molecule has 1 aliphatic rings. The number of carbonyl (C=O) groups is 2. The van der Waals surface area contributed by atoms with Gasteiger partial charge in [0.15, 0.2) is 4.80 Å². The number of methoxy groups -OCH3 is 3. The van der Waals surface area contributed by atoms with Crippen LogP contribution in [-0.4, -0.2) is 44.4 Å². The topological polar surface area (TPSA) is 119 Å². The number of ether oxygens (including phenoxy) is 4. The van der Waals surface area contributed by atoms with Crippen molar-refractivity contribution in [2.75, 3.05) is 27.9 Å². The first-order valence-corrected chi connectivity index (χ1v) is 14.3. The number of halogens is 1. The average Bonchev–Trinajstić information content (AvgIpc) is 3.60. The number of hydrogen-bond donors (Lipinski definition) is 0. The molecule has 0 aliphatic carbocycles. The van der Waals surface area contributed by atoms with Crippen LogP contribution in [0.2, 0.25) is 5.02 Å². The monoisotopic (exact) mass is 622 g/mol. The summed E-state index contributed by atoms with van der Waals surface area (Å²) in [6, 6.07) is 12.6. The van der Waals surface area contributed by atoms with E-state index in [9.17, 15) is 14.4 Å². The van der Waals surface area contributed by atoms with Gasteiger partial charge in [0.05, 0.1) is 54.3 Å². The molecule has 2 aromatic carbocycles. The van der Waals surface area contributed by atoms with E-state index >= 15 is 0 Å². The summed E-state index contributed by atoms with van der Waals surface area (Å²) in [5.74, 6) is 0.683. The van der Waals surface area contributed by atoms with E-state index in [0.29, 0.717) is 49.2 Å². The van der Waals surface area contributed by atoms with Crippen LogP contribution in [0, 0.1) is 0 Å². The van der Waals surface area contributed by atoms with Crippen LogP contribution in [0.5, 0.6) is 11.5 Å². The van der Waals surface area contributed by atoms with Crippen molar-refractivity contribution in [3.63, 3.8) is 0 Å². The van der Waals surface area contributed by atoms with Crippen LogP contribution in [-0.2, 0) is 14.3 Å². The molecule has 12 heteroatoms. The summed E-state index contributed by atoms with van der Waals surface area (Å²) >= 11 is 7.31. The zero-order chi connectivity index (χ0) is 30.8. The highest BCUT2D eigenvalue weighted by Crippen LogP contribution is 2.38. The number of nitrogens with zero attached hydrogens (tertiary/aromatic N) is 2. The molecule has 43 heavy (non-hydrogen) atoms. The number of aromatic nitrogens is 1. The number of benzene rings is 2. The van der Waals surface area contributed by atoms with Gasteiger partial charge >= 0.3 is 11.9 Å². The molecule has 2 aromatic heterocycles. The standard InChI is InChI=1S/C31H27ClN2O8S/c1-6-41-30(37)26-16(2)33-31-34(27(26)21-14-18(38-3)8-12-24(21)39-4)28(35)25(43-31)15-19-9-11-23(42-19)17-7-10-22(32)20(13-17)29(36)40-5/h7-15,27H,6H2,1-5H3/b25-15-/t27-/m1/s1. The number of furan rings is 1. The van der Waals surface area contributed by atoms with Crippen LogP contribution in [0.1, 0.15) is 41.6 Å². The van der Waals surface area contributed by atoms with Crippen molar-refractivity contribution in [1.29, 1.82) is 0 Å². The van der Waals surface area contributed by atoms with Gasteiger partial charge < -0.3 is 23.4 Å². The quantitative estimate of drug-likeness (QED) is 0.263. The number of allylic oxidation sites excluding steroid dienone is 1. The molecule has 222 valence electrons. The third-order valence-corrected chi connectivity index (χ3v) is 8.12. The van der Waals surface area contributed by atoms with Gasteiger partial charge in [-0.25, -0.2) is 14.6 Å². The van der Waals surface area contributed by atoms with Crippen LogP contribution in [0.3, 0.4) is 0 Å². The first-order valence-electron chi connectivity index (χ1n) is 13.1. The predicted octanol–water partition coefficient (Wildman–Crippen LogP) is 4.52. The second kappa shape index (κ2) is 12.3. The van der Waals surface area contributed by atoms with Crippen molar-refractivity contribution in [1.82, 2.24) is 4.57 Å². The summed E-state index contributed by atoms with van der Waals surface area (Å²) in [6.07, 6.45) is 1.60. The molecule has 10 nitrogen and oxygen atoms in total. The molecule has 0 bridgehead atoms. The summed E-state index contributed by atoms with van der Waals surface area (Å²) in [5.41, 5.74) is 1.60. The van der Waals surface area contributed by atoms with E-state index in [1.54, 1.807) is 68.5 Å². The molecule has 0 fully saturated rings. The molecule has 0 amide bonds. The molecular formula is C31H27ClN2O8S. The molecule has 4 aromatic rings. The number of fused-ring (bicyclic) bond motifs is 1. The third-order valence-electron chi connectivity index (χ3n) is 6.80. The van der Waals surface area contributed by atoms with E-state index in [1.807, 2.05) is 0 Å². The Kier molecular flexibility index (Phi) is 8.56. The van der Waals surface area contributed by atoms with Crippen LogP contribution >= 0.6 is 22.9 Å². The zero-order valence-corrected chi connectivity index (χ0v) is 25.5. The first kappa shape index (κ1) is 29.9. The third kappa shape index (κ3) is 5.61. The summed E-state index contributed by atoms with van der Waals surface area (Å²) in [6.45, 7) is 3.57. The lowest BCUT2D eigenvalue weighted by atomic mass is 9.95. The lowest BCUT2D eigenvalue weighted by Crippen LogP contribution is -2.40. The fraction of sp³-hybridized carbons (Fsp3) is 0.226. The number of carbonyl (C=O) groups excluding carboxylic acids is 2. The maximum atomic E-state index is 14.0. The van der Waals surface area contributed by atoms with Crippen LogP contribution in [0.25, 0.3) is 17.4 Å². The van der Waals surface area contributed by atoms with Crippen LogP contribution in [0.4, 0.5) is 0 Å². The van der Waals surface area contributed by atoms with Gasteiger partial charge in [0.1, 0.15) is 29.1 Å². The Hall–Kier alpha value is -4.61. The van der Waals surface area contributed by atoms with Crippen molar-refractivity contribution in [3.8, 4) is 22.8 Å². The largest absolute Gasteiger partial charge is 0.497 e. The Morgan fingerprint density at radius 2 is 1.86 bits per heavy atom. The second-order valence-corrected chi connectivity index (χ2v) is 10.7. The fourth-order valence-corrected chi connectivity index (χ4v) is 6.02. The van der Waals surface area contributed by atoms with E-state index in [1.165, 1.54) is 25.9 Å². The van der Waals surface area contributed by atoms with E-state index in [2.05, 4.69) is 4.99 Å². The fourth-order valence-electron chi connectivity index (χ4n) is 4.80. The number of rotatable bonds is 8. The molecule has 0 N–H and O–H groups in total. The Balaban J connectivity index is 1.65. The molecule has 0 spiro atoms. The summed E-state index contributed by atoms with van der Waals surface area (Å²) in [4.78, 5) is 44.3. The lowest BCUT2D eigenvalue weighted by Gasteiger charge is -2.26. The van der Waals surface area contributed by atoms with Gasteiger partial charge in [-0.1, -0.05) is 22.9 Å². The Bertz CT molecular complexity index is 1950. The minimum atomic E-state index is -0.888. The molecule has 0 saturated heterocycles. The van der Waals surface area contributed by atoms with Crippen molar-refractivity contribution in [2.45, 2.75) is 19.9 Å². The summed E-state index contributed by atoms with van der Waals surface area (Å²) in [7, 11) is 4.32. The van der Waals surface area contributed by atoms with Crippen molar-refractivity contribution < 1.29 is 33.0 Å². The molecule has 1 atom stereocenters. The maximum absolute atomic E-state index is 14.0. The van der Waals surface area contributed by atoms with Gasteiger partial charge in [-0.05, 0) is 62.4 Å². The number of hydrogen-bond acceptors (Lipinski definition) is 10. The van der Waals surface area contributed by atoms with Gasteiger partial charge in [-0.15, -0.1) is 0 Å². The number of esters is 2. The normalized spacial score (nSPS) is 14.7. The van der Waals surface area contributed by atoms with E-state index in [-0.39, 0.29) is 28.3 Å². The molecule has 0 unspecified atom stereocenters. The molecule has 5 rings (SSSR count). The highest BCUT2D eigenvalue weighted by Gasteiger charge is 2.35. The first-order chi connectivity index (χ1) is 20.7. The van der Waals surface area contributed by atoms with Gasteiger partial charge in [0.25, 0.3) is 5.56 Å². The molecule has 0 radical (unpaired) electrons. The van der Waals surface area contributed by atoms with Crippen LogP contribution in [0.15, 0.2) is 74.0 Å². The second-order valence-electron chi connectivity index (χ2n) is 9.30.